The van der Waals surface area contributed by atoms with Gasteiger partial charge in [0.25, 0.3) is 0 Å². The lowest BCUT2D eigenvalue weighted by atomic mass is 9.90. The number of hydrogen-bond donors (Lipinski definition) is 0. The lowest BCUT2D eigenvalue weighted by Crippen LogP contribution is -2.12. The molecule has 0 saturated heterocycles. The van der Waals surface area contributed by atoms with Crippen LogP contribution < -0.4 is 4.74 Å². The molecule has 0 amide bonds. The molecule has 3 aromatic rings. The van der Waals surface area contributed by atoms with Crippen LogP contribution in [-0.2, 0) is 17.9 Å². The number of fused-ring (bicyclic) bond motifs is 2. The second kappa shape index (κ2) is 6.76. The fourth-order valence-corrected chi connectivity index (χ4v) is 3.29. The molecule has 0 aliphatic heterocycles. The Kier molecular flexibility index (Phi) is 4.32. The van der Waals surface area contributed by atoms with Crippen molar-refractivity contribution in [2.75, 3.05) is 7.11 Å². The molecule has 6 heteroatoms. The number of aromatic nitrogens is 2. The van der Waals surface area contributed by atoms with E-state index in [2.05, 4.69) is 22.3 Å². The van der Waals surface area contributed by atoms with Crippen LogP contribution in [0.25, 0.3) is 5.65 Å². The Bertz CT molecular complexity index is 949. The highest BCUT2D eigenvalue weighted by molar-refractivity contribution is 6.30. The summed E-state index contributed by atoms with van der Waals surface area (Å²) in [4.78, 5) is 10.1. The molecule has 0 N–H and O–H groups in total. The predicted molar refractivity (Wildman–Crippen MR) is 97.5 cm³/mol. The van der Waals surface area contributed by atoms with Crippen molar-refractivity contribution < 1.29 is 9.57 Å². The van der Waals surface area contributed by atoms with Crippen LogP contribution in [0.2, 0.25) is 5.02 Å². The van der Waals surface area contributed by atoms with Crippen molar-refractivity contribution in [1.29, 1.82) is 0 Å². The van der Waals surface area contributed by atoms with E-state index in [1.54, 1.807) is 7.11 Å². The van der Waals surface area contributed by atoms with E-state index in [0.717, 1.165) is 47.6 Å². The molecule has 1 aliphatic rings. The van der Waals surface area contributed by atoms with Gasteiger partial charge in [-0.25, -0.2) is 4.98 Å². The minimum Gasteiger partial charge on any atom is -0.497 e. The van der Waals surface area contributed by atoms with E-state index in [9.17, 15) is 0 Å². The molecule has 0 fully saturated rings. The molecule has 5 nitrogen and oxygen atoms in total. The Hall–Kier alpha value is -2.53. The van der Waals surface area contributed by atoms with Gasteiger partial charge in [0.2, 0.25) is 0 Å². The molecule has 0 unspecified atom stereocenters. The molecular formula is C19H18ClN3O2. The fourth-order valence-electron chi connectivity index (χ4n) is 3.12. The average Bonchev–Trinajstić information content (AvgIpc) is 3.03. The van der Waals surface area contributed by atoms with Gasteiger partial charge in [-0.2, -0.15) is 0 Å². The van der Waals surface area contributed by atoms with Crippen molar-refractivity contribution in [3.8, 4) is 5.75 Å². The number of imidazole rings is 1. The average molecular weight is 356 g/mol. The largest absolute Gasteiger partial charge is 0.497 e. The Balaban J connectivity index is 1.50. The van der Waals surface area contributed by atoms with Gasteiger partial charge in [0.1, 0.15) is 11.4 Å². The summed E-state index contributed by atoms with van der Waals surface area (Å²) < 4.78 is 7.19. The number of nitrogens with zero attached hydrogens (tertiary/aromatic N) is 3. The maximum Gasteiger partial charge on any atom is 0.160 e. The highest BCUT2D eigenvalue weighted by Gasteiger charge is 2.17. The molecule has 0 saturated carbocycles. The van der Waals surface area contributed by atoms with E-state index in [0.29, 0.717) is 11.6 Å². The van der Waals surface area contributed by atoms with Crippen molar-refractivity contribution >= 4 is 23.0 Å². The van der Waals surface area contributed by atoms with Crippen molar-refractivity contribution in [1.82, 2.24) is 9.38 Å². The monoisotopic (exact) mass is 355 g/mol. The van der Waals surface area contributed by atoms with E-state index in [-0.39, 0.29) is 0 Å². The van der Waals surface area contributed by atoms with Crippen molar-refractivity contribution in [3.05, 3.63) is 64.6 Å². The molecule has 25 heavy (non-hydrogen) atoms. The summed E-state index contributed by atoms with van der Waals surface area (Å²) in [5.41, 5.74) is 5.04. The second-order valence-electron chi connectivity index (χ2n) is 6.03. The molecule has 0 atom stereocenters. The third kappa shape index (κ3) is 3.33. The van der Waals surface area contributed by atoms with Gasteiger partial charge in [-0.3, -0.25) is 0 Å². The molecule has 0 spiro atoms. The molecule has 1 aliphatic carbocycles. The molecule has 4 rings (SSSR count). The zero-order valence-electron chi connectivity index (χ0n) is 13.9. The first kappa shape index (κ1) is 16.0. The van der Waals surface area contributed by atoms with Gasteiger partial charge in [-0.15, -0.1) is 0 Å². The number of ether oxygens (including phenoxy) is 1. The van der Waals surface area contributed by atoms with Gasteiger partial charge in [-0.1, -0.05) is 16.8 Å². The van der Waals surface area contributed by atoms with Gasteiger partial charge < -0.3 is 14.0 Å². The highest BCUT2D eigenvalue weighted by Crippen LogP contribution is 2.26. The van der Waals surface area contributed by atoms with Crippen molar-refractivity contribution in [2.24, 2.45) is 5.16 Å². The molecule has 1 aromatic carbocycles. The Morgan fingerprint density at radius 1 is 1.20 bits per heavy atom. The number of methoxy groups -OCH3 is 1. The normalized spacial score (nSPS) is 15.4. The van der Waals surface area contributed by atoms with E-state index in [1.807, 2.05) is 35.0 Å². The summed E-state index contributed by atoms with van der Waals surface area (Å²) in [5, 5.41) is 5.04. The summed E-state index contributed by atoms with van der Waals surface area (Å²) in [6.07, 6.45) is 6.75. The minimum atomic E-state index is 0.328. The van der Waals surface area contributed by atoms with Crippen LogP contribution in [0.3, 0.4) is 0 Å². The number of halogens is 1. The summed E-state index contributed by atoms with van der Waals surface area (Å²) >= 11 is 5.99. The van der Waals surface area contributed by atoms with Crippen molar-refractivity contribution in [3.63, 3.8) is 0 Å². The summed E-state index contributed by atoms with van der Waals surface area (Å²) in [7, 11) is 1.69. The molecule has 128 valence electrons. The predicted octanol–water partition coefficient (Wildman–Crippen LogP) is 4.25. The lowest BCUT2D eigenvalue weighted by Gasteiger charge is -2.18. The van der Waals surface area contributed by atoms with E-state index in [1.165, 1.54) is 5.56 Å². The first-order chi connectivity index (χ1) is 12.2. The standard InChI is InChI=1S/C19H18ClN3O2/c1-24-16-6-7-17-13(9-16)3-2-4-18(17)22-25-12-15-11-23-10-14(20)5-8-19(23)21-15/h5-11H,2-4,12H2,1H3. The van der Waals surface area contributed by atoms with E-state index >= 15 is 0 Å². The van der Waals surface area contributed by atoms with Crippen LogP contribution in [0, 0.1) is 0 Å². The van der Waals surface area contributed by atoms with Gasteiger partial charge in [-0.05, 0) is 55.2 Å². The minimum absolute atomic E-state index is 0.328. The number of benzene rings is 1. The van der Waals surface area contributed by atoms with Gasteiger partial charge in [0.15, 0.2) is 6.61 Å². The summed E-state index contributed by atoms with van der Waals surface area (Å²) in [6, 6.07) is 9.80. The van der Waals surface area contributed by atoms with Gasteiger partial charge in [0, 0.05) is 18.0 Å². The zero-order valence-corrected chi connectivity index (χ0v) is 14.7. The maximum absolute atomic E-state index is 5.99. The second-order valence-corrected chi connectivity index (χ2v) is 6.47. The lowest BCUT2D eigenvalue weighted by molar-refractivity contribution is 0.127. The van der Waals surface area contributed by atoms with E-state index in [4.69, 9.17) is 21.2 Å². The Labute approximate surface area is 150 Å². The van der Waals surface area contributed by atoms with Gasteiger partial charge >= 0.3 is 0 Å². The molecule has 2 aromatic heterocycles. The summed E-state index contributed by atoms with van der Waals surface area (Å²) in [6.45, 7) is 0.328. The molecular weight excluding hydrogens is 338 g/mol. The number of aryl methyl sites for hydroxylation is 1. The SMILES string of the molecule is COc1ccc2c(c1)CCCC2=NOCc1cn2cc(Cl)ccc2n1. The number of hydrogen-bond acceptors (Lipinski definition) is 4. The summed E-state index contributed by atoms with van der Waals surface area (Å²) in [5.74, 6) is 0.879. The van der Waals surface area contributed by atoms with Crippen molar-refractivity contribution in [2.45, 2.75) is 25.9 Å². The fraction of sp³-hybridized carbons (Fsp3) is 0.263. The van der Waals surface area contributed by atoms with E-state index < -0.39 is 0 Å². The first-order valence-electron chi connectivity index (χ1n) is 8.22. The van der Waals surface area contributed by atoms with Crippen LogP contribution >= 0.6 is 11.6 Å². The third-order valence-electron chi connectivity index (χ3n) is 4.34. The van der Waals surface area contributed by atoms with Gasteiger partial charge in [0.05, 0.1) is 23.5 Å². The molecule has 2 heterocycles. The van der Waals surface area contributed by atoms with Crippen LogP contribution in [0.4, 0.5) is 0 Å². The Morgan fingerprint density at radius 2 is 2.12 bits per heavy atom. The van der Waals surface area contributed by atoms with Crippen LogP contribution in [0.1, 0.15) is 29.7 Å². The van der Waals surface area contributed by atoms with Crippen LogP contribution in [0.5, 0.6) is 5.75 Å². The number of rotatable bonds is 4. The highest BCUT2D eigenvalue weighted by atomic mass is 35.5. The van der Waals surface area contributed by atoms with Crippen LogP contribution in [0.15, 0.2) is 47.9 Å². The number of oxime groups is 1. The molecule has 0 radical (unpaired) electrons. The topological polar surface area (TPSA) is 48.1 Å². The maximum atomic E-state index is 5.99. The smallest absolute Gasteiger partial charge is 0.160 e. The number of pyridine rings is 1. The molecule has 0 bridgehead atoms. The quantitative estimate of drug-likeness (QED) is 0.657. The third-order valence-corrected chi connectivity index (χ3v) is 4.56. The zero-order chi connectivity index (χ0) is 17.2. The Morgan fingerprint density at radius 3 is 3.00 bits per heavy atom. The first-order valence-corrected chi connectivity index (χ1v) is 8.60. The van der Waals surface area contributed by atoms with Crippen LogP contribution in [-0.4, -0.2) is 22.2 Å².